The first kappa shape index (κ1) is 21.3. The van der Waals surface area contributed by atoms with Gasteiger partial charge < -0.3 is 9.52 Å². The molecular weight excluding hydrogens is 401 g/mol. The molecule has 0 atom stereocenters. The van der Waals surface area contributed by atoms with E-state index in [0.29, 0.717) is 22.8 Å². The molecule has 0 saturated heterocycles. The summed E-state index contributed by atoms with van der Waals surface area (Å²) in [5.41, 5.74) is 1.37. The summed E-state index contributed by atoms with van der Waals surface area (Å²) in [6.07, 6.45) is -6.01. The first-order chi connectivity index (χ1) is 12.8. The number of carbonyl (C=O) groups is 1. The van der Waals surface area contributed by atoms with E-state index in [9.17, 15) is 35.5 Å². The van der Waals surface area contributed by atoms with Crippen molar-refractivity contribution in [3.63, 3.8) is 0 Å². The third-order valence-electron chi connectivity index (χ3n) is 3.52. The maximum absolute atomic E-state index is 13.1. The summed E-state index contributed by atoms with van der Waals surface area (Å²) in [5, 5.41) is 11.7. The number of carboxylic acid groups (broad SMARTS) is 1. The van der Waals surface area contributed by atoms with Gasteiger partial charge in [-0.25, -0.2) is 10.2 Å². The predicted octanol–water partition coefficient (Wildman–Crippen LogP) is 4.67. The average Bonchev–Trinajstić information content (AvgIpc) is 3.02. The zero-order valence-electron chi connectivity index (χ0n) is 13.8. The van der Waals surface area contributed by atoms with Crippen molar-refractivity contribution in [3.05, 3.63) is 47.2 Å². The van der Waals surface area contributed by atoms with Crippen molar-refractivity contribution in [1.82, 2.24) is 5.43 Å². The Kier molecular flexibility index (Phi) is 5.44. The number of halogens is 7. The van der Waals surface area contributed by atoms with Gasteiger partial charge in [-0.3, -0.25) is 0 Å². The zero-order chi connectivity index (χ0) is 21.3. The van der Waals surface area contributed by atoms with Gasteiger partial charge in [-0.15, -0.1) is 0 Å². The molecular formula is C16H11F7N2O3. The van der Waals surface area contributed by atoms with Crippen LogP contribution in [0.15, 0.2) is 39.9 Å². The number of furan rings is 1. The van der Waals surface area contributed by atoms with Crippen LogP contribution in [0.3, 0.4) is 0 Å². The molecule has 0 saturated carbocycles. The van der Waals surface area contributed by atoms with Crippen LogP contribution in [0.25, 0.3) is 11.3 Å². The molecule has 28 heavy (non-hydrogen) atoms. The third-order valence-corrected chi connectivity index (χ3v) is 3.52. The van der Waals surface area contributed by atoms with Crippen molar-refractivity contribution in [2.24, 2.45) is 5.10 Å². The molecule has 0 radical (unpaired) electrons. The number of hydrogen-bond donors (Lipinski definition) is 2. The van der Waals surface area contributed by atoms with Crippen LogP contribution in [0.2, 0.25) is 0 Å². The van der Waals surface area contributed by atoms with Gasteiger partial charge in [-0.2, -0.15) is 35.8 Å². The number of aryl methyl sites for hydroxylation is 1. The van der Waals surface area contributed by atoms with Crippen LogP contribution < -0.4 is 5.43 Å². The van der Waals surface area contributed by atoms with Crippen molar-refractivity contribution in [2.45, 2.75) is 25.1 Å². The number of benzene rings is 1. The second kappa shape index (κ2) is 7.17. The maximum Gasteiger partial charge on any atom is 0.462 e. The van der Waals surface area contributed by atoms with Crippen molar-refractivity contribution in [2.75, 3.05) is 0 Å². The molecule has 0 spiro atoms. The maximum atomic E-state index is 13.1. The lowest BCUT2D eigenvalue weighted by Gasteiger charge is -2.27. The lowest BCUT2D eigenvalue weighted by atomic mass is 10.0. The monoisotopic (exact) mass is 412 g/mol. The molecule has 152 valence electrons. The van der Waals surface area contributed by atoms with Gasteiger partial charge in [0, 0.05) is 5.56 Å². The summed E-state index contributed by atoms with van der Waals surface area (Å²) >= 11 is 0. The second-order valence-corrected chi connectivity index (χ2v) is 5.55. The molecule has 2 aromatic rings. The largest absolute Gasteiger partial charge is 0.478 e. The van der Waals surface area contributed by atoms with E-state index in [1.54, 1.807) is 6.92 Å². The first-order valence-electron chi connectivity index (χ1n) is 7.33. The fourth-order valence-electron chi connectivity index (χ4n) is 2.01. The highest BCUT2D eigenvalue weighted by atomic mass is 19.4. The fraction of sp³-hybridized carbons (Fsp3) is 0.250. The molecule has 0 aliphatic heterocycles. The highest BCUT2D eigenvalue weighted by Gasteiger charge is 2.73. The van der Waals surface area contributed by atoms with Crippen LogP contribution in [0.1, 0.15) is 21.7 Å². The summed E-state index contributed by atoms with van der Waals surface area (Å²) in [7, 11) is 0. The van der Waals surface area contributed by atoms with E-state index in [4.69, 9.17) is 9.52 Å². The molecule has 1 heterocycles. The van der Waals surface area contributed by atoms with Crippen molar-refractivity contribution >= 4 is 12.2 Å². The lowest BCUT2D eigenvalue weighted by molar-refractivity contribution is -0.361. The molecule has 5 nitrogen and oxygen atoms in total. The smallest absolute Gasteiger partial charge is 0.462 e. The molecule has 2 N–H and O–H groups in total. The van der Waals surface area contributed by atoms with E-state index in [1.807, 2.05) is 0 Å². The molecule has 1 aromatic carbocycles. The van der Waals surface area contributed by atoms with Crippen molar-refractivity contribution < 1.29 is 45.1 Å². The summed E-state index contributed by atoms with van der Waals surface area (Å²) in [5.74, 6) is -7.70. The lowest BCUT2D eigenvalue weighted by Crippen LogP contribution is -2.58. The topological polar surface area (TPSA) is 74.8 Å². The van der Waals surface area contributed by atoms with Crippen LogP contribution >= 0.6 is 0 Å². The summed E-state index contributed by atoms with van der Waals surface area (Å²) in [6, 6.07) is 0.929. The van der Waals surface area contributed by atoms with Crippen LogP contribution in [0, 0.1) is 6.92 Å². The number of alkyl halides is 7. The van der Waals surface area contributed by atoms with Crippen molar-refractivity contribution in [1.29, 1.82) is 0 Å². The number of rotatable bonds is 6. The van der Waals surface area contributed by atoms with Gasteiger partial charge in [0.25, 0.3) is 0 Å². The predicted molar refractivity (Wildman–Crippen MR) is 82.5 cm³/mol. The minimum Gasteiger partial charge on any atom is -0.478 e. The van der Waals surface area contributed by atoms with Gasteiger partial charge in [-0.1, -0.05) is 6.07 Å². The van der Waals surface area contributed by atoms with Gasteiger partial charge in [0.2, 0.25) is 0 Å². The Morgan fingerprint density at radius 2 is 1.75 bits per heavy atom. The van der Waals surface area contributed by atoms with Crippen LogP contribution in [0.4, 0.5) is 30.7 Å². The van der Waals surface area contributed by atoms with Crippen LogP contribution in [0.5, 0.6) is 0 Å². The summed E-state index contributed by atoms with van der Waals surface area (Å²) in [6.45, 7) is 1.64. The summed E-state index contributed by atoms with van der Waals surface area (Å²) < 4.78 is 92.8. The third kappa shape index (κ3) is 4.10. The van der Waals surface area contributed by atoms with Gasteiger partial charge in [0.1, 0.15) is 11.5 Å². The highest BCUT2D eigenvalue weighted by molar-refractivity contribution is 5.89. The molecule has 0 amide bonds. The molecule has 0 aliphatic carbocycles. The standard InChI is InChI=1S/C16H11F7N2O3/c1-8-2-3-9(13(26)27)6-11(8)12-5-4-10(28-12)7-24-25-16(22,23)14(17,18)15(19,20)21/h2-7,25H,1H3,(H,26,27)/b24-7+. The quantitative estimate of drug-likeness (QED) is 0.313. The Morgan fingerprint density at radius 3 is 2.32 bits per heavy atom. The average molecular weight is 412 g/mol. The van der Waals surface area contributed by atoms with E-state index >= 15 is 0 Å². The minimum atomic E-state index is -6.48. The second-order valence-electron chi connectivity index (χ2n) is 5.55. The molecule has 0 fully saturated rings. The Morgan fingerprint density at radius 1 is 1.11 bits per heavy atom. The van der Waals surface area contributed by atoms with Crippen LogP contribution in [-0.4, -0.2) is 35.4 Å². The summed E-state index contributed by atoms with van der Waals surface area (Å²) in [4.78, 5) is 11.0. The molecule has 12 heteroatoms. The van der Waals surface area contributed by atoms with Gasteiger partial charge in [-0.05, 0) is 36.8 Å². The number of nitrogens with one attached hydrogen (secondary N) is 1. The zero-order valence-corrected chi connectivity index (χ0v) is 13.8. The molecule has 0 bridgehead atoms. The Hall–Kier alpha value is -3.05. The number of aromatic carboxylic acids is 1. The van der Waals surface area contributed by atoms with E-state index in [1.165, 1.54) is 30.3 Å². The van der Waals surface area contributed by atoms with Gasteiger partial charge in [0.15, 0.2) is 0 Å². The Bertz CT molecular complexity index is 904. The number of nitrogens with zero attached hydrogens (tertiary/aromatic N) is 1. The van der Waals surface area contributed by atoms with E-state index in [2.05, 4.69) is 5.10 Å². The Balaban J connectivity index is 2.20. The SMILES string of the molecule is Cc1ccc(C(=O)O)cc1-c1ccc(/C=N/NC(F)(F)C(F)(F)C(F)(F)F)o1. The molecule has 0 aliphatic rings. The molecule has 0 unspecified atom stereocenters. The number of hydrogen-bond acceptors (Lipinski definition) is 4. The van der Waals surface area contributed by atoms with E-state index < -0.39 is 24.1 Å². The van der Waals surface area contributed by atoms with Gasteiger partial charge in [0.05, 0.1) is 11.8 Å². The van der Waals surface area contributed by atoms with E-state index in [-0.39, 0.29) is 17.1 Å². The van der Waals surface area contributed by atoms with E-state index in [0.717, 1.165) is 0 Å². The number of carboxylic acids is 1. The normalized spacial score (nSPS) is 13.1. The first-order valence-corrected chi connectivity index (χ1v) is 7.33. The number of hydrazone groups is 1. The fourth-order valence-corrected chi connectivity index (χ4v) is 2.01. The van der Waals surface area contributed by atoms with Gasteiger partial charge >= 0.3 is 24.1 Å². The van der Waals surface area contributed by atoms with Crippen LogP contribution in [-0.2, 0) is 0 Å². The van der Waals surface area contributed by atoms with Crippen molar-refractivity contribution in [3.8, 4) is 11.3 Å². The molecule has 1 aromatic heterocycles. The minimum absolute atomic E-state index is 0.0529. The molecule has 2 rings (SSSR count). The highest BCUT2D eigenvalue weighted by Crippen LogP contribution is 2.45. The Labute approximate surface area is 152 Å².